The number of aliphatic carboxylic acids is 1. The van der Waals surface area contributed by atoms with Crippen LogP contribution in [0.5, 0.6) is 0 Å². The molecule has 0 bridgehead atoms. The third-order valence-electron chi connectivity index (χ3n) is 4.63. The van der Waals surface area contributed by atoms with Crippen LogP contribution in [0.15, 0.2) is 0 Å². The molecule has 1 heterocycles. The Kier molecular flexibility index (Phi) is 3.85. The van der Waals surface area contributed by atoms with E-state index >= 15 is 0 Å². The first kappa shape index (κ1) is 14.3. The van der Waals surface area contributed by atoms with Crippen molar-refractivity contribution in [3.63, 3.8) is 0 Å². The van der Waals surface area contributed by atoms with Crippen LogP contribution in [0.25, 0.3) is 0 Å². The number of carbonyl (C=O) groups excluding carboxylic acids is 1. The molecule has 2 rings (SSSR count). The first-order chi connectivity index (χ1) is 8.88. The Morgan fingerprint density at radius 1 is 1.26 bits per heavy atom. The average molecular weight is 269 g/mol. The fraction of sp³-hybridized carbons (Fsp3) is 0.857. The van der Waals surface area contributed by atoms with Crippen LogP contribution in [0, 0.1) is 5.92 Å². The normalized spacial score (nSPS) is 31.1. The van der Waals surface area contributed by atoms with Gasteiger partial charge in [-0.2, -0.15) is 0 Å². The van der Waals surface area contributed by atoms with Gasteiger partial charge in [-0.05, 0) is 39.0 Å². The van der Waals surface area contributed by atoms with Gasteiger partial charge in [-0.15, -0.1) is 0 Å². The maximum absolute atomic E-state index is 12.6. The maximum Gasteiger partial charge on any atom is 0.326 e. The van der Waals surface area contributed by atoms with Crippen molar-refractivity contribution in [2.45, 2.75) is 63.6 Å². The minimum Gasteiger partial charge on any atom is -0.480 e. The topological polar surface area (TPSA) is 66.8 Å². The van der Waals surface area contributed by atoms with Crippen LogP contribution in [0.2, 0.25) is 0 Å². The Morgan fingerprint density at radius 3 is 2.47 bits per heavy atom. The van der Waals surface area contributed by atoms with Gasteiger partial charge in [0.05, 0.1) is 0 Å². The molecule has 2 aliphatic rings. The summed E-state index contributed by atoms with van der Waals surface area (Å²) >= 11 is 0. The predicted octanol–water partition coefficient (Wildman–Crippen LogP) is 1.66. The van der Waals surface area contributed by atoms with Crippen molar-refractivity contribution in [2.24, 2.45) is 5.92 Å². The number of carbonyl (C=O) groups is 2. The molecule has 0 aromatic carbocycles. The summed E-state index contributed by atoms with van der Waals surface area (Å²) in [4.78, 5) is 25.6. The van der Waals surface area contributed by atoms with E-state index in [-0.39, 0.29) is 11.9 Å². The number of hydrogen-bond donors (Lipinski definition) is 1. The van der Waals surface area contributed by atoms with Crippen molar-refractivity contribution < 1.29 is 19.4 Å². The highest BCUT2D eigenvalue weighted by Gasteiger charge is 2.50. The maximum atomic E-state index is 12.6. The van der Waals surface area contributed by atoms with Gasteiger partial charge in [-0.1, -0.05) is 12.8 Å². The fourth-order valence-electron chi connectivity index (χ4n) is 3.37. The Bertz CT molecular complexity index is 380. The molecule has 2 fully saturated rings. The SMILES string of the molecule is COC(C)(C)C(=O)N1C(C(=O)O)CC2CCCCC21. The monoisotopic (exact) mass is 269 g/mol. The van der Waals surface area contributed by atoms with Gasteiger partial charge in [0, 0.05) is 13.2 Å². The molecule has 0 aromatic rings. The summed E-state index contributed by atoms with van der Waals surface area (Å²) in [5.74, 6) is -0.752. The number of likely N-dealkylation sites (tertiary alicyclic amines) is 1. The van der Waals surface area contributed by atoms with Crippen LogP contribution in [-0.4, -0.2) is 46.7 Å². The molecule has 0 radical (unpaired) electrons. The summed E-state index contributed by atoms with van der Waals surface area (Å²) < 4.78 is 5.24. The molecule has 1 aliphatic heterocycles. The van der Waals surface area contributed by atoms with Crippen molar-refractivity contribution in [2.75, 3.05) is 7.11 Å². The van der Waals surface area contributed by atoms with E-state index in [2.05, 4.69) is 0 Å². The molecule has 1 N–H and O–H groups in total. The molecule has 3 unspecified atom stereocenters. The van der Waals surface area contributed by atoms with Crippen LogP contribution in [0.1, 0.15) is 46.0 Å². The number of methoxy groups -OCH3 is 1. The number of hydrogen-bond acceptors (Lipinski definition) is 3. The van der Waals surface area contributed by atoms with E-state index in [0.29, 0.717) is 12.3 Å². The van der Waals surface area contributed by atoms with E-state index < -0.39 is 17.6 Å². The lowest BCUT2D eigenvalue weighted by Crippen LogP contribution is -2.54. The smallest absolute Gasteiger partial charge is 0.326 e. The number of nitrogens with zero attached hydrogens (tertiary/aromatic N) is 1. The summed E-state index contributed by atoms with van der Waals surface area (Å²) in [5.41, 5.74) is -0.958. The van der Waals surface area contributed by atoms with Crippen molar-refractivity contribution in [1.82, 2.24) is 4.90 Å². The lowest BCUT2D eigenvalue weighted by Gasteiger charge is -2.37. The van der Waals surface area contributed by atoms with Crippen molar-refractivity contribution in [1.29, 1.82) is 0 Å². The molecule has 1 amide bonds. The molecule has 1 saturated heterocycles. The number of carboxylic acid groups (broad SMARTS) is 1. The summed E-state index contributed by atoms with van der Waals surface area (Å²) in [7, 11) is 1.49. The molecule has 19 heavy (non-hydrogen) atoms. The van der Waals surface area contributed by atoms with E-state index in [1.165, 1.54) is 7.11 Å². The van der Waals surface area contributed by atoms with Gasteiger partial charge in [0.15, 0.2) is 0 Å². The minimum atomic E-state index is -0.958. The van der Waals surface area contributed by atoms with Gasteiger partial charge in [-0.3, -0.25) is 4.79 Å². The molecule has 5 nitrogen and oxygen atoms in total. The third-order valence-corrected chi connectivity index (χ3v) is 4.63. The largest absolute Gasteiger partial charge is 0.480 e. The van der Waals surface area contributed by atoms with Crippen molar-refractivity contribution in [3.8, 4) is 0 Å². The van der Waals surface area contributed by atoms with Gasteiger partial charge in [-0.25, -0.2) is 4.79 Å². The lowest BCUT2D eigenvalue weighted by molar-refractivity contribution is -0.161. The summed E-state index contributed by atoms with van der Waals surface area (Å²) in [6, 6.07) is -0.605. The van der Waals surface area contributed by atoms with E-state index in [9.17, 15) is 14.7 Å². The second-order valence-electron chi connectivity index (χ2n) is 6.13. The molecular formula is C14H23NO4. The number of ether oxygens (including phenoxy) is 1. The molecule has 0 aromatic heterocycles. The number of amides is 1. The molecule has 108 valence electrons. The second kappa shape index (κ2) is 5.12. The zero-order chi connectivity index (χ0) is 14.2. The van der Waals surface area contributed by atoms with E-state index in [1.54, 1.807) is 18.7 Å². The molecular weight excluding hydrogens is 246 g/mol. The quantitative estimate of drug-likeness (QED) is 0.846. The van der Waals surface area contributed by atoms with E-state index in [4.69, 9.17) is 4.74 Å². The van der Waals surface area contributed by atoms with Crippen molar-refractivity contribution >= 4 is 11.9 Å². The number of carboxylic acids is 1. The van der Waals surface area contributed by atoms with Crippen LogP contribution in [0.3, 0.4) is 0 Å². The first-order valence-electron chi connectivity index (χ1n) is 6.99. The van der Waals surface area contributed by atoms with E-state index in [1.807, 2.05) is 0 Å². The van der Waals surface area contributed by atoms with E-state index in [0.717, 1.165) is 25.7 Å². The predicted molar refractivity (Wildman–Crippen MR) is 69.7 cm³/mol. The standard InChI is InChI=1S/C14H23NO4/c1-14(2,19-3)13(18)15-10-7-5-4-6-9(10)8-11(15)12(16)17/h9-11H,4-8H2,1-3H3,(H,16,17). The number of rotatable bonds is 3. The lowest BCUT2D eigenvalue weighted by atomic mass is 9.84. The zero-order valence-electron chi connectivity index (χ0n) is 11.9. The van der Waals surface area contributed by atoms with Crippen molar-refractivity contribution in [3.05, 3.63) is 0 Å². The van der Waals surface area contributed by atoms with Crippen LogP contribution >= 0.6 is 0 Å². The Balaban J connectivity index is 2.27. The number of fused-ring (bicyclic) bond motifs is 1. The summed E-state index contributed by atoms with van der Waals surface area (Å²) in [6.07, 6.45) is 4.76. The highest BCUT2D eigenvalue weighted by molar-refractivity contribution is 5.89. The van der Waals surface area contributed by atoms with Crippen LogP contribution in [-0.2, 0) is 14.3 Å². The Hall–Kier alpha value is -1.10. The van der Waals surface area contributed by atoms with Crippen LogP contribution < -0.4 is 0 Å². The highest BCUT2D eigenvalue weighted by atomic mass is 16.5. The van der Waals surface area contributed by atoms with Gasteiger partial charge in [0.1, 0.15) is 11.6 Å². The van der Waals surface area contributed by atoms with Gasteiger partial charge < -0.3 is 14.7 Å². The van der Waals surface area contributed by atoms with Gasteiger partial charge in [0.25, 0.3) is 5.91 Å². The van der Waals surface area contributed by atoms with Gasteiger partial charge >= 0.3 is 5.97 Å². The third kappa shape index (κ3) is 2.48. The molecule has 5 heteroatoms. The summed E-state index contributed by atoms with van der Waals surface area (Å²) in [6.45, 7) is 3.40. The highest BCUT2D eigenvalue weighted by Crippen LogP contribution is 2.41. The summed E-state index contributed by atoms with van der Waals surface area (Å²) in [5, 5.41) is 9.38. The minimum absolute atomic E-state index is 0.0803. The second-order valence-corrected chi connectivity index (χ2v) is 6.13. The molecule has 1 aliphatic carbocycles. The zero-order valence-corrected chi connectivity index (χ0v) is 11.9. The molecule has 3 atom stereocenters. The van der Waals surface area contributed by atoms with Crippen LogP contribution in [0.4, 0.5) is 0 Å². The fourth-order valence-corrected chi connectivity index (χ4v) is 3.37. The average Bonchev–Trinajstić information content (AvgIpc) is 2.77. The Morgan fingerprint density at radius 2 is 1.89 bits per heavy atom. The molecule has 1 saturated carbocycles. The molecule has 0 spiro atoms. The van der Waals surface area contributed by atoms with Gasteiger partial charge in [0.2, 0.25) is 0 Å². The first-order valence-corrected chi connectivity index (χ1v) is 6.99. The Labute approximate surface area is 113 Å².